The van der Waals surface area contributed by atoms with E-state index in [0.29, 0.717) is 31.2 Å². The third kappa shape index (κ3) is 4.01. The van der Waals surface area contributed by atoms with Crippen molar-refractivity contribution in [3.63, 3.8) is 0 Å². The quantitative estimate of drug-likeness (QED) is 0.649. The predicted molar refractivity (Wildman–Crippen MR) is 77.7 cm³/mol. The number of methoxy groups -OCH3 is 1. The molecule has 5 heteroatoms. The lowest BCUT2D eigenvalue weighted by molar-refractivity contribution is 0.0665. The molecule has 108 valence electrons. The van der Waals surface area contributed by atoms with E-state index in [0.717, 1.165) is 0 Å². The summed E-state index contributed by atoms with van der Waals surface area (Å²) in [6.07, 6.45) is 7.07. The summed E-state index contributed by atoms with van der Waals surface area (Å²) < 4.78 is 10.8. The number of hydrogen-bond donors (Lipinski definition) is 3. The number of dihydropyridines is 1. The highest BCUT2D eigenvalue weighted by atomic mass is 16.5. The zero-order chi connectivity index (χ0) is 14.3. The van der Waals surface area contributed by atoms with Gasteiger partial charge in [0.05, 0.1) is 7.11 Å². The van der Waals surface area contributed by atoms with Gasteiger partial charge in [0.1, 0.15) is 6.61 Å². The summed E-state index contributed by atoms with van der Waals surface area (Å²) in [5.74, 6) is 1.43. The van der Waals surface area contributed by atoms with Crippen LogP contribution < -0.4 is 20.1 Å². The van der Waals surface area contributed by atoms with E-state index >= 15 is 0 Å². The van der Waals surface area contributed by atoms with Crippen LogP contribution in [0.25, 0.3) is 0 Å². The Balaban J connectivity index is 1.69. The van der Waals surface area contributed by atoms with Gasteiger partial charge in [-0.15, -0.1) is 0 Å². The first-order chi connectivity index (χ1) is 9.73. The lowest BCUT2D eigenvalue weighted by atomic mass is 10.1. The zero-order valence-corrected chi connectivity index (χ0v) is 11.5. The third-order valence-electron chi connectivity index (χ3n) is 2.91. The van der Waals surface area contributed by atoms with Crippen LogP contribution in [-0.4, -0.2) is 37.6 Å². The van der Waals surface area contributed by atoms with Crippen LogP contribution in [0.3, 0.4) is 0 Å². The molecule has 20 heavy (non-hydrogen) atoms. The molecule has 1 aromatic rings. The van der Waals surface area contributed by atoms with Gasteiger partial charge in [-0.3, -0.25) is 0 Å². The van der Waals surface area contributed by atoms with Gasteiger partial charge in [-0.2, -0.15) is 0 Å². The second kappa shape index (κ2) is 6.98. The van der Waals surface area contributed by atoms with E-state index in [4.69, 9.17) is 9.47 Å². The first-order valence-electron chi connectivity index (χ1n) is 6.54. The Hall–Kier alpha value is -1.98. The minimum absolute atomic E-state index is 0.406. The van der Waals surface area contributed by atoms with Gasteiger partial charge in [0.15, 0.2) is 17.2 Å². The molecule has 2 rings (SSSR count). The SMILES string of the molecule is COc1ccccc1OCCNCC1(O)C=CC=CN1. The molecule has 1 aliphatic rings. The van der Waals surface area contributed by atoms with Gasteiger partial charge in [-0.05, 0) is 30.5 Å². The van der Waals surface area contributed by atoms with Crippen molar-refractivity contribution in [2.24, 2.45) is 0 Å². The molecular weight excluding hydrogens is 256 g/mol. The molecule has 0 aliphatic carbocycles. The van der Waals surface area contributed by atoms with Crippen LogP contribution in [0.4, 0.5) is 0 Å². The van der Waals surface area contributed by atoms with Gasteiger partial charge in [0.25, 0.3) is 0 Å². The molecule has 0 spiro atoms. The molecule has 0 aromatic heterocycles. The summed E-state index contributed by atoms with van der Waals surface area (Å²) in [6, 6.07) is 7.52. The van der Waals surface area contributed by atoms with Crippen molar-refractivity contribution < 1.29 is 14.6 Å². The van der Waals surface area contributed by atoms with Crippen LogP contribution in [-0.2, 0) is 0 Å². The zero-order valence-electron chi connectivity index (χ0n) is 11.5. The van der Waals surface area contributed by atoms with E-state index in [2.05, 4.69) is 10.6 Å². The Labute approximate surface area is 118 Å². The average molecular weight is 276 g/mol. The number of allylic oxidation sites excluding steroid dienone is 2. The average Bonchev–Trinajstić information content (AvgIpc) is 2.48. The minimum Gasteiger partial charge on any atom is -0.493 e. The van der Waals surface area contributed by atoms with Crippen molar-refractivity contribution in [3.8, 4) is 11.5 Å². The van der Waals surface area contributed by atoms with Gasteiger partial charge in [-0.1, -0.05) is 18.2 Å². The largest absolute Gasteiger partial charge is 0.493 e. The Bertz CT molecular complexity index is 488. The molecular formula is C15H20N2O3. The van der Waals surface area contributed by atoms with E-state index in [9.17, 15) is 5.11 Å². The second-order valence-corrected chi connectivity index (χ2v) is 4.46. The fraction of sp³-hybridized carbons (Fsp3) is 0.333. The van der Waals surface area contributed by atoms with Crippen LogP contribution in [0, 0.1) is 0 Å². The number of hydrogen-bond acceptors (Lipinski definition) is 5. The Morgan fingerprint density at radius 1 is 1.25 bits per heavy atom. The summed E-state index contributed by atoms with van der Waals surface area (Å²) in [6.45, 7) is 1.53. The summed E-state index contributed by atoms with van der Waals surface area (Å²) in [5.41, 5.74) is -1.03. The molecule has 0 saturated carbocycles. The summed E-state index contributed by atoms with van der Waals surface area (Å²) >= 11 is 0. The molecule has 3 N–H and O–H groups in total. The molecule has 1 heterocycles. The van der Waals surface area contributed by atoms with Gasteiger partial charge >= 0.3 is 0 Å². The standard InChI is InChI=1S/C15H20N2O3/c1-19-13-6-2-3-7-14(13)20-11-10-16-12-15(18)8-4-5-9-17-15/h2-9,16-18H,10-12H2,1H3. The maximum Gasteiger partial charge on any atom is 0.167 e. The first kappa shape index (κ1) is 14.4. The fourth-order valence-corrected chi connectivity index (χ4v) is 1.87. The lowest BCUT2D eigenvalue weighted by Gasteiger charge is -2.27. The van der Waals surface area contributed by atoms with E-state index in [1.165, 1.54) is 0 Å². The Morgan fingerprint density at radius 2 is 2.05 bits per heavy atom. The van der Waals surface area contributed by atoms with E-state index in [1.54, 1.807) is 19.4 Å². The Morgan fingerprint density at radius 3 is 2.75 bits per heavy atom. The molecule has 1 atom stereocenters. The number of benzene rings is 1. The molecule has 0 saturated heterocycles. The molecule has 5 nitrogen and oxygen atoms in total. The van der Waals surface area contributed by atoms with Gasteiger partial charge < -0.3 is 25.2 Å². The topological polar surface area (TPSA) is 62.8 Å². The normalized spacial score (nSPS) is 20.5. The van der Waals surface area contributed by atoms with E-state index in [1.807, 2.05) is 36.4 Å². The number of rotatable bonds is 7. The van der Waals surface area contributed by atoms with Crippen molar-refractivity contribution in [2.45, 2.75) is 5.72 Å². The highest BCUT2D eigenvalue weighted by molar-refractivity contribution is 5.39. The maximum absolute atomic E-state index is 10.1. The van der Waals surface area contributed by atoms with Crippen molar-refractivity contribution >= 4 is 0 Å². The third-order valence-corrected chi connectivity index (χ3v) is 2.91. The van der Waals surface area contributed by atoms with Crippen LogP contribution in [0.1, 0.15) is 0 Å². The summed E-state index contributed by atoms with van der Waals surface area (Å²) in [4.78, 5) is 0. The molecule has 0 fully saturated rings. The van der Waals surface area contributed by atoms with E-state index < -0.39 is 5.72 Å². The van der Waals surface area contributed by atoms with Gasteiger partial charge in [0.2, 0.25) is 0 Å². The smallest absolute Gasteiger partial charge is 0.167 e. The maximum atomic E-state index is 10.1. The minimum atomic E-state index is -1.03. The van der Waals surface area contributed by atoms with Crippen molar-refractivity contribution in [3.05, 3.63) is 48.7 Å². The van der Waals surface area contributed by atoms with Crippen LogP contribution in [0.15, 0.2) is 48.7 Å². The van der Waals surface area contributed by atoms with Crippen LogP contribution in [0.5, 0.6) is 11.5 Å². The first-order valence-corrected chi connectivity index (χ1v) is 6.54. The highest BCUT2D eigenvalue weighted by Gasteiger charge is 2.21. The van der Waals surface area contributed by atoms with Crippen LogP contribution >= 0.6 is 0 Å². The van der Waals surface area contributed by atoms with Gasteiger partial charge in [-0.25, -0.2) is 0 Å². The molecule has 1 unspecified atom stereocenters. The van der Waals surface area contributed by atoms with Crippen molar-refractivity contribution in [1.82, 2.24) is 10.6 Å². The van der Waals surface area contributed by atoms with Crippen LogP contribution in [0.2, 0.25) is 0 Å². The fourth-order valence-electron chi connectivity index (χ4n) is 1.87. The van der Waals surface area contributed by atoms with Crippen molar-refractivity contribution in [2.75, 3.05) is 26.8 Å². The Kier molecular flexibility index (Phi) is 5.03. The summed E-state index contributed by atoms with van der Waals surface area (Å²) in [7, 11) is 1.62. The molecule has 0 radical (unpaired) electrons. The van der Waals surface area contributed by atoms with E-state index in [-0.39, 0.29) is 0 Å². The summed E-state index contributed by atoms with van der Waals surface area (Å²) in [5, 5.41) is 16.1. The monoisotopic (exact) mass is 276 g/mol. The number of para-hydroxylation sites is 2. The molecule has 0 amide bonds. The predicted octanol–water partition coefficient (Wildman–Crippen LogP) is 1.03. The number of ether oxygens (including phenoxy) is 2. The highest BCUT2D eigenvalue weighted by Crippen LogP contribution is 2.25. The molecule has 1 aliphatic heterocycles. The molecule has 0 bridgehead atoms. The van der Waals surface area contributed by atoms with Gasteiger partial charge in [0, 0.05) is 13.1 Å². The lowest BCUT2D eigenvalue weighted by Crippen LogP contribution is -2.50. The number of aliphatic hydroxyl groups is 1. The van der Waals surface area contributed by atoms with Crippen molar-refractivity contribution in [1.29, 1.82) is 0 Å². The number of nitrogens with one attached hydrogen (secondary N) is 2. The molecule has 1 aromatic carbocycles. The second-order valence-electron chi connectivity index (χ2n) is 4.46.